The maximum atomic E-state index is 6.22. The van der Waals surface area contributed by atoms with Crippen LogP contribution in [0.25, 0.3) is 0 Å². The molecule has 1 aliphatic heterocycles. The third-order valence-corrected chi connectivity index (χ3v) is 5.62. The molecule has 0 aliphatic carbocycles. The SMILES string of the molecule is CN=C(NCc1ccc(C)cc1OC1CCOC1)NCC(Cc1ccccc1)N(C)C.I. The first kappa shape index (κ1) is 26.4. The Kier molecular flexibility index (Phi) is 11.3. The van der Waals surface area contributed by atoms with Crippen LogP contribution in [0.15, 0.2) is 53.5 Å². The van der Waals surface area contributed by atoms with Crippen molar-refractivity contribution in [3.05, 3.63) is 65.2 Å². The number of likely N-dealkylation sites (N-methyl/N-ethyl adjacent to an activating group) is 1. The molecule has 1 fully saturated rings. The van der Waals surface area contributed by atoms with Crippen LogP contribution >= 0.6 is 24.0 Å². The second-order valence-electron chi connectivity index (χ2n) is 8.33. The van der Waals surface area contributed by atoms with Gasteiger partial charge in [-0.05, 0) is 44.6 Å². The predicted molar refractivity (Wildman–Crippen MR) is 142 cm³/mol. The smallest absolute Gasteiger partial charge is 0.191 e. The van der Waals surface area contributed by atoms with Crippen LogP contribution in [0.4, 0.5) is 0 Å². The fourth-order valence-corrected chi connectivity index (χ4v) is 3.64. The maximum Gasteiger partial charge on any atom is 0.191 e. The Labute approximate surface area is 209 Å². The van der Waals surface area contributed by atoms with Crippen LogP contribution in [0, 0.1) is 6.92 Å². The van der Waals surface area contributed by atoms with Crippen molar-refractivity contribution < 1.29 is 9.47 Å². The summed E-state index contributed by atoms with van der Waals surface area (Å²) in [4.78, 5) is 6.66. The lowest BCUT2D eigenvalue weighted by Gasteiger charge is -2.26. The summed E-state index contributed by atoms with van der Waals surface area (Å²) in [6.45, 7) is 4.98. The quantitative estimate of drug-likeness (QED) is 0.283. The Morgan fingerprint density at radius 1 is 1.19 bits per heavy atom. The molecule has 1 heterocycles. The van der Waals surface area contributed by atoms with Crippen LogP contribution in [0.5, 0.6) is 5.75 Å². The van der Waals surface area contributed by atoms with Gasteiger partial charge in [0.1, 0.15) is 11.9 Å². The first-order chi connectivity index (χ1) is 15.0. The lowest BCUT2D eigenvalue weighted by atomic mass is 10.1. The zero-order valence-electron chi connectivity index (χ0n) is 19.6. The van der Waals surface area contributed by atoms with Crippen molar-refractivity contribution in [2.24, 2.45) is 4.99 Å². The minimum Gasteiger partial charge on any atom is -0.488 e. The summed E-state index contributed by atoms with van der Waals surface area (Å²) >= 11 is 0. The minimum absolute atomic E-state index is 0. The fraction of sp³-hybridized carbons (Fsp3) is 0.480. The van der Waals surface area contributed by atoms with E-state index in [4.69, 9.17) is 9.47 Å². The highest BCUT2D eigenvalue weighted by Gasteiger charge is 2.19. The van der Waals surface area contributed by atoms with Gasteiger partial charge < -0.3 is 25.0 Å². The van der Waals surface area contributed by atoms with Crippen molar-refractivity contribution in [3.8, 4) is 5.75 Å². The van der Waals surface area contributed by atoms with Gasteiger partial charge in [-0.3, -0.25) is 4.99 Å². The minimum atomic E-state index is 0. The van der Waals surface area contributed by atoms with Gasteiger partial charge in [-0.2, -0.15) is 0 Å². The van der Waals surface area contributed by atoms with Crippen molar-refractivity contribution >= 4 is 29.9 Å². The van der Waals surface area contributed by atoms with E-state index in [0.29, 0.717) is 19.2 Å². The van der Waals surface area contributed by atoms with Gasteiger partial charge in [0.15, 0.2) is 5.96 Å². The van der Waals surface area contributed by atoms with E-state index >= 15 is 0 Å². The van der Waals surface area contributed by atoms with Gasteiger partial charge in [0, 0.05) is 38.2 Å². The number of halogens is 1. The summed E-state index contributed by atoms with van der Waals surface area (Å²) in [5.74, 6) is 1.71. The summed E-state index contributed by atoms with van der Waals surface area (Å²) in [6, 6.07) is 17.3. The molecule has 1 saturated heterocycles. The molecule has 1 aliphatic rings. The van der Waals surface area contributed by atoms with Gasteiger partial charge in [-0.25, -0.2) is 0 Å². The first-order valence-electron chi connectivity index (χ1n) is 11.0. The molecule has 2 unspecified atom stereocenters. The number of ether oxygens (including phenoxy) is 2. The number of guanidine groups is 1. The number of nitrogens with one attached hydrogen (secondary N) is 2. The van der Waals surface area contributed by atoms with Crippen LogP contribution in [0.3, 0.4) is 0 Å². The highest BCUT2D eigenvalue weighted by Crippen LogP contribution is 2.23. The van der Waals surface area contributed by atoms with E-state index in [9.17, 15) is 0 Å². The molecule has 2 N–H and O–H groups in total. The molecule has 2 atom stereocenters. The van der Waals surface area contributed by atoms with Crippen LogP contribution < -0.4 is 15.4 Å². The van der Waals surface area contributed by atoms with E-state index in [1.165, 1.54) is 11.1 Å². The molecule has 7 heteroatoms. The van der Waals surface area contributed by atoms with Crippen molar-refractivity contribution in [1.82, 2.24) is 15.5 Å². The summed E-state index contributed by atoms with van der Waals surface area (Å²) in [6.07, 6.45) is 2.06. The zero-order chi connectivity index (χ0) is 22.1. The second kappa shape index (κ2) is 13.6. The van der Waals surface area contributed by atoms with E-state index in [2.05, 4.69) is 90.1 Å². The summed E-state index contributed by atoms with van der Waals surface area (Å²) < 4.78 is 11.7. The van der Waals surface area contributed by atoms with E-state index in [1.54, 1.807) is 7.05 Å². The molecule has 0 radical (unpaired) electrons. The third-order valence-electron chi connectivity index (χ3n) is 5.62. The van der Waals surface area contributed by atoms with Gasteiger partial charge in [0.05, 0.1) is 13.2 Å². The molecular weight excluding hydrogens is 515 g/mol. The molecule has 0 saturated carbocycles. The molecule has 6 nitrogen and oxygen atoms in total. The van der Waals surface area contributed by atoms with Gasteiger partial charge in [0.25, 0.3) is 0 Å². The molecule has 0 bridgehead atoms. The number of hydrogen-bond acceptors (Lipinski definition) is 4. The number of aryl methyl sites for hydroxylation is 1. The van der Waals surface area contributed by atoms with Crippen LogP contribution in [0.1, 0.15) is 23.1 Å². The number of aliphatic imine (C=N–C) groups is 1. The van der Waals surface area contributed by atoms with Gasteiger partial charge in [-0.15, -0.1) is 24.0 Å². The largest absolute Gasteiger partial charge is 0.488 e. The Bertz CT molecular complexity index is 839. The topological polar surface area (TPSA) is 58.1 Å². The van der Waals surface area contributed by atoms with Crippen molar-refractivity contribution in [2.45, 2.75) is 38.5 Å². The van der Waals surface area contributed by atoms with E-state index in [-0.39, 0.29) is 30.1 Å². The number of benzene rings is 2. The second-order valence-corrected chi connectivity index (χ2v) is 8.33. The Hall–Kier alpha value is -1.84. The van der Waals surface area contributed by atoms with E-state index in [1.807, 2.05) is 0 Å². The van der Waals surface area contributed by atoms with Gasteiger partial charge >= 0.3 is 0 Å². The molecule has 3 rings (SSSR count). The van der Waals surface area contributed by atoms with Crippen LogP contribution in [-0.4, -0.2) is 63.9 Å². The van der Waals surface area contributed by atoms with Crippen molar-refractivity contribution in [1.29, 1.82) is 0 Å². The first-order valence-corrected chi connectivity index (χ1v) is 11.0. The zero-order valence-corrected chi connectivity index (χ0v) is 22.0. The number of rotatable bonds is 9. The van der Waals surface area contributed by atoms with Crippen LogP contribution in [0.2, 0.25) is 0 Å². The Morgan fingerprint density at radius 3 is 2.62 bits per heavy atom. The number of nitrogens with zero attached hydrogens (tertiary/aromatic N) is 2. The molecular formula is C25H37IN4O2. The highest BCUT2D eigenvalue weighted by atomic mass is 127. The van der Waals surface area contributed by atoms with Gasteiger partial charge in [0.2, 0.25) is 0 Å². The van der Waals surface area contributed by atoms with E-state index in [0.717, 1.165) is 43.3 Å². The molecule has 0 amide bonds. The molecule has 176 valence electrons. The summed E-state index contributed by atoms with van der Waals surface area (Å²) in [5, 5.41) is 6.92. The van der Waals surface area contributed by atoms with Crippen molar-refractivity contribution in [2.75, 3.05) is 40.9 Å². The highest BCUT2D eigenvalue weighted by molar-refractivity contribution is 14.0. The fourth-order valence-electron chi connectivity index (χ4n) is 3.64. The van der Waals surface area contributed by atoms with Gasteiger partial charge in [-0.1, -0.05) is 42.5 Å². The monoisotopic (exact) mass is 552 g/mol. The Balaban J connectivity index is 0.00000363. The van der Waals surface area contributed by atoms with E-state index < -0.39 is 0 Å². The maximum absolute atomic E-state index is 6.22. The third kappa shape index (κ3) is 8.26. The van der Waals surface area contributed by atoms with Crippen molar-refractivity contribution in [3.63, 3.8) is 0 Å². The summed E-state index contributed by atoms with van der Waals surface area (Å²) in [5.41, 5.74) is 3.65. The number of hydrogen-bond donors (Lipinski definition) is 2. The molecule has 0 spiro atoms. The molecule has 0 aromatic heterocycles. The Morgan fingerprint density at radius 2 is 1.97 bits per heavy atom. The predicted octanol–water partition coefficient (Wildman–Crippen LogP) is 3.62. The average Bonchev–Trinajstić information content (AvgIpc) is 3.27. The normalized spacial score (nSPS) is 17.0. The lowest BCUT2D eigenvalue weighted by Crippen LogP contribution is -2.45. The standard InChI is InChI=1S/C25H36N4O2.HI/c1-19-10-11-21(24(14-19)31-23-12-13-30-18-23)16-27-25(26-2)28-17-22(29(3)4)15-20-8-6-5-7-9-20;/h5-11,14,22-23H,12-13,15-18H2,1-4H3,(H2,26,27,28);1H. The molecule has 2 aromatic rings. The van der Waals surface area contributed by atoms with Crippen LogP contribution in [-0.2, 0) is 17.7 Å². The molecule has 32 heavy (non-hydrogen) atoms. The summed E-state index contributed by atoms with van der Waals surface area (Å²) in [7, 11) is 6.04. The average molecular weight is 553 g/mol. The molecule has 2 aromatic carbocycles. The lowest BCUT2D eigenvalue weighted by molar-refractivity contribution is 0.140.